The first-order chi connectivity index (χ1) is 16.0. The van der Waals surface area contributed by atoms with E-state index in [0.717, 1.165) is 53.7 Å². The maximum Gasteiger partial charge on any atom is 0.254 e. The van der Waals surface area contributed by atoms with Crippen molar-refractivity contribution in [1.29, 1.82) is 0 Å². The Kier molecular flexibility index (Phi) is 5.69. The molecule has 0 radical (unpaired) electrons. The van der Waals surface area contributed by atoms with Gasteiger partial charge in [-0.1, -0.05) is 49.6 Å². The van der Waals surface area contributed by atoms with Crippen molar-refractivity contribution >= 4 is 22.8 Å². The van der Waals surface area contributed by atoms with Gasteiger partial charge >= 0.3 is 0 Å². The van der Waals surface area contributed by atoms with E-state index in [1.165, 1.54) is 6.42 Å². The van der Waals surface area contributed by atoms with Crippen molar-refractivity contribution in [3.63, 3.8) is 0 Å². The lowest BCUT2D eigenvalue weighted by atomic mass is 9.71. The molecule has 0 bridgehead atoms. The molecule has 1 unspecified atom stereocenters. The fourth-order valence-electron chi connectivity index (χ4n) is 5.79. The van der Waals surface area contributed by atoms with Crippen LogP contribution in [0.1, 0.15) is 73.2 Å². The van der Waals surface area contributed by atoms with Crippen LogP contribution in [0.2, 0.25) is 0 Å². The van der Waals surface area contributed by atoms with E-state index in [4.69, 9.17) is 4.98 Å². The monoisotopic (exact) mass is 444 g/mol. The van der Waals surface area contributed by atoms with Crippen molar-refractivity contribution in [3.05, 3.63) is 65.5 Å². The van der Waals surface area contributed by atoms with Gasteiger partial charge in [-0.2, -0.15) is 0 Å². The molecule has 3 aromatic rings. The SMILES string of the molecule is CC(NC(=O)CC1(CN2Cc3ccccc3C2=O)CCCCC1)c1nc2ccccc2n1C. The topological polar surface area (TPSA) is 67.2 Å². The summed E-state index contributed by atoms with van der Waals surface area (Å²) in [4.78, 5) is 32.9. The highest BCUT2D eigenvalue weighted by Crippen LogP contribution is 2.41. The summed E-state index contributed by atoms with van der Waals surface area (Å²) >= 11 is 0. The Hall–Kier alpha value is -3.15. The van der Waals surface area contributed by atoms with E-state index >= 15 is 0 Å². The molecular weight excluding hydrogens is 412 g/mol. The lowest BCUT2D eigenvalue weighted by Crippen LogP contribution is -2.43. The Morgan fingerprint density at radius 2 is 1.82 bits per heavy atom. The molecule has 2 heterocycles. The number of hydrogen-bond donors (Lipinski definition) is 1. The van der Waals surface area contributed by atoms with Crippen LogP contribution in [0.4, 0.5) is 0 Å². The van der Waals surface area contributed by atoms with Gasteiger partial charge in [0, 0.05) is 32.1 Å². The van der Waals surface area contributed by atoms with E-state index in [2.05, 4.69) is 9.88 Å². The van der Waals surface area contributed by atoms with E-state index in [9.17, 15) is 9.59 Å². The highest BCUT2D eigenvalue weighted by Gasteiger charge is 2.39. The van der Waals surface area contributed by atoms with Crippen LogP contribution in [0.15, 0.2) is 48.5 Å². The zero-order valence-electron chi connectivity index (χ0n) is 19.5. The van der Waals surface area contributed by atoms with E-state index in [-0.39, 0.29) is 23.3 Å². The van der Waals surface area contributed by atoms with Crippen LogP contribution in [0.25, 0.3) is 11.0 Å². The number of imidazole rings is 1. The smallest absolute Gasteiger partial charge is 0.254 e. The van der Waals surface area contributed by atoms with Crippen molar-refractivity contribution in [1.82, 2.24) is 19.8 Å². The number of rotatable bonds is 6. The quantitative estimate of drug-likeness (QED) is 0.597. The molecule has 1 fully saturated rings. The molecule has 1 aromatic heterocycles. The summed E-state index contributed by atoms with van der Waals surface area (Å²) < 4.78 is 2.05. The fraction of sp³-hybridized carbons (Fsp3) is 0.444. The third-order valence-electron chi connectivity index (χ3n) is 7.46. The van der Waals surface area contributed by atoms with Gasteiger partial charge in [-0.15, -0.1) is 0 Å². The number of benzene rings is 2. The lowest BCUT2D eigenvalue weighted by molar-refractivity contribution is -0.125. The molecule has 2 amide bonds. The third-order valence-corrected chi connectivity index (χ3v) is 7.46. The molecular formula is C27H32N4O2. The van der Waals surface area contributed by atoms with Crippen molar-refractivity contribution in [3.8, 4) is 0 Å². The van der Waals surface area contributed by atoms with Crippen molar-refractivity contribution in [2.75, 3.05) is 6.54 Å². The molecule has 33 heavy (non-hydrogen) atoms. The molecule has 6 nitrogen and oxygen atoms in total. The Morgan fingerprint density at radius 1 is 1.09 bits per heavy atom. The van der Waals surface area contributed by atoms with E-state index in [1.54, 1.807) is 0 Å². The zero-order valence-corrected chi connectivity index (χ0v) is 19.5. The van der Waals surface area contributed by atoms with Crippen LogP contribution < -0.4 is 5.32 Å². The minimum atomic E-state index is -0.187. The van der Waals surface area contributed by atoms with Crippen LogP contribution in [0.5, 0.6) is 0 Å². The number of hydrogen-bond acceptors (Lipinski definition) is 3. The highest BCUT2D eigenvalue weighted by molar-refractivity contribution is 5.98. The van der Waals surface area contributed by atoms with Crippen LogP contribution in [-0.4, -0.2) is 32.8 Å². The van der Waals surface area contributed by atoms with Gasteiger partial charge in [0.2, 0.25) is 5.91 Å². The van der Waals surface area contributed by atoms with Crippen LogP contribution >= 0.6 is 0 Å². The average molecular weight is 445 g/mol. The Labute approximate surface area is 195 Å². The van der Waals surface area contributed by atoms with Gasteiger partial charge in [0.25, 0.3) is 5.91 Å². The number of nitrogens with zero attached hydrogens (tertiary/aromatic N) is 3. The lowest BCUT2D eigenvalue weighted by Gasteiger charge is -2.40. The maximum absolute atomic E-state index is 13.2. The average Bonchev–Trinajstić information content (AvgIpc) is 3.31. The number of amides is 2. The molecule has 1 aliphatic heterocycles. The standard InChI is InChI=1S/C27H32N4O2/c1-19(25-29-22-12-6-7-13-23(22)30(25)2)28-24(32)16-27(14-8-3-9-15-27)18-31-17-20-10-4-5-11-21(20)26(31)33/h4-7,10-13,19H,3,8-9,14-18H2,1-2H3,(H,28,32). The van der Waals surface area contributed by atoms with Gasteiger partial charge in [-0.25, -0.2) is 4.98 Å². The normalized spacial score (nSPS) is 18.4. The number of carbonyl (C=O) groups excluding carboxylic acids is 2. The van der Waals surface area contributed by atoms with Gasteiger partial charge < -0.3 is 14.8 Å². The van der Waals surface area contributed by atoms with Gasteiger partial charge in [-0.3, -0.25) is 9.59 Å². The molecule has 1 atom stereocenters. The summed E-state index contributed by atoms with van der Waals surface area (Å²) in [5.74, 6) is 0.997. The third kappa shape index (κ3) is 4.14. The second-order valence-corrected chi connectivity index (χ2v) is 9.86. The number of para-hydroxylation sites is 2. The summed E-state index contributed by atoms with van der Waals surface area (Å²) in [6.07, 6.45) is 5.85. The number of nitrogens with one attached hydrogen (secondary N) is 1. The first-order valence-electron chi connectivity index (χ1n) is 12.0. The zero-order chi connectivity index (χ0) is 23.0. The van der Waals surface area contributed by atoms with Crippen molar-refractivity contribution in [2.24, 2.45) is 12.5 Å². The number of aromatic nitrogens is 2. The number of aryl methyl sites for hydroxylation is 1. The Morgan fingerprint density at radius 3 is 2.58 bits per heavy atom. The van der Waals surface area contributed by atoms with Crippen LogP contribution in [0, 0.1) is 5.41 Å². The van der Waals surface area contributed by atoms with Gasteiger partial charge in [0.1, 0.15) is 5.82 Å². The van der Waals surface area contributed by atoms with E-state index in [1.807, 2.05) is 67.4 Å². The molecule has 2 aliphatic rings. The number of fused-ring (bicyclic) bond motifs is 2. The molecule has 0 spiro atoms. The van der Waals surface area contributed by atoms with Gasteiger partial charge in [0.05, 0.1) is 17.1 Å². The van der Waals surface area contributed by atoms with Gasteiger partial charge in [0.15, 0.2) is 0 Å². The molecule has 5 rings (SSSR count). The molecule has 2 aromatic carbocycles. The predicted molar refractivity (Wildman–Crippen MR) is 129 cm³/mol. The summed E-state index contributed by atoms with van der Waals surface area (Å²) in [6.45, 7) is 3.29. The van der Waals surface area contributed by atoms with Crippen LogP contribution in [-0.2, 0) is 18.4 Å². The summed E-state index contributed by atoms with van der Waals surface area (Å²) in [6, 6.07) is 15.7. The second-order valence-electron chi connectivity index (χ2n) is 9.86. The molecule has 172 valence electrons. The van der Waals surface area contributed by atoms with Gasteiger partial charge in [-0.05, 0) is 48.9 Å². The summed E-state index contributed by atoms with van der Waals surface area (Å²) in [7, 11) is 1.99. The molecule has 1 N–H and O–H groups in total. The minimum absolute atomic E-state index is 0.0422. The highest BCUT2D eigenvalue weighted by atomic mass is 16.2. The van der Waals surface area contributed by atoms with Crippen molar-refractivity contribution in [2.45, 2.75) is 58.0 Å². The van der Waals surface area contributed by atoms with E-state index in [0.29, 0.717) is 19.5 Å². The first kappa shape index (κ1) is 21.7. The molecule has 1 saturated carbocycles. The minimum Gasteiger partial charge on any atom is -0.346 e. The van der Waals surface area contributed by atoms with Crippen molar-refractivity contribution < 1.29 is 9.59 Å². The Balaban J connectivity index is 1.30. The summed E-state index contributed by atoms with van der Waals surface area (Å²) in [5, 5.41) is 3.20. The molecule has 1 aliphatic carbocycles. The fourth-order valence-corrected chi connectivity index (χ4v) is 5.79. The largest absolute Gasteiger partial charge is 0.346 e. The Bertz CT molecular complexity index is 1190. The second kappa shape index (κ2) is 8.65. The first-order valence-corrected chi connectivity index (χ1v) is 12.0. The molecule has 6 heteroatoms. The predicted octanol–water partition coefficient (Wildman–Crippen LogP) is 4.75. The van der Waals surface area contributed by atoms with E-state index < -0.39 is 0 Å². The molecule has 0 saturated heterocycles. The van der Waals surface area contributed by atoms with Crippen LogP contribution in [0.3, 0.4) is 0 Å². The summed E-state index contributed by atoms with van der Waals surface area (Å²) in [5.41, 5.74) is 3.74. The number of carbonyl (C=O) groups is 2. The maximum atomic E-state index is 13.2.